The van der Waals surface area contributed by atoms with E-state index in [2.05, 4.69) is 10.6 Å². The molecule has 1 aromatic carbocycles. The van der Waals surface area contributed by atoms with Gasteiger partial charge in [-0.3, -0.25) is 9.59 Å². The standard InChI is InChI=1S/C18H23N3O5S/c1-12(2)16(20-17(22)15-9-6-10-26-15)18(23)19-13-7-5-8-14(11-13)27(24,25)21(3)4/h5-12,16H,1-4H3,(H,19,23)(H,20,22)/t16-/m0/s1. The van der Waals surface area contributed by atoms with Crippen LogP contribution in [0, 0.1) is 5.92 Å². The second-order valence-corrected chi connectivity index (χ2v) is 8.63. The minimum atomic E-state index is -3.62. The van der Waals surface area contributed by atoms with Crippen LogP contribution in [0.4, 0.5) is 5.69 Å². The first-order chi connectivity index (χ1) is 12.6. The van der Waals surface area contributed by atoms with Crippen LogP contribution in [0.25, 0.3) is 0 Å². The number of carbonyl (C=O) groups is 2. The van der Waals surface area contributed by atoms with E-state index in [1.165, 1.54) is 44.6 Å². The van der Waals surface area contributed by atoms with Gasteiger partial charge in [-0.05, 0) is 36.2 Å². The predicted octanol–water partition coefficient (Wildman–Crippen LogP) is 1.92. The van der Waals surface area contributed by atoms with Gasteiger partial charge >= 0.3 is 0 Å². The zero-order chi connectivity index (χ0) is 20.2. The molecule has 0 aliphatic rings. The van der Waals surface area contributed by atoms with Crippen molar-refractivity contribution in [1.29, 1.82) is 0 Å². The molecule has 1 atom stereocenters. The molecule has 9 heteroatoms. The van der Waals surface area contributed by atoms with Crippen molar-refractivity contribution in [3.63, 3.8) is 0 Å². The molecule has 0 spiro atoms. The highest BCUT2D eigenvalue weighted by Crippen LogP contribution is 2.18. The van der Waals surface area contributed by atoms with Gasteiger partial charge in [-0.25, -0.2) is 12.7 Å². The first-order valence-electron chi connectivity index (χ1n) is 8.30. The number of nitrogens with one attached hydrogen (secondary N) is 2. The molecule has 2 aromatic rings. The molecule has 8 nitrogen and oxygen atoms in total. The Morgan fingerprint density at radius 3 is 2.37 bits per heavy atom. The Labute approximate surface area is 158 Å². The summed E-state index contributed by atoms with van der Waals surface area (Å²) in [5.74, 6) is -1.05. The summed E-state index contributed by atoms with van der Waals surface area (Å²) in [5.41, 5.74) is 0.320. The minimum Gasteiger partial charge on any atom is -0.459 e. The average molecular weight is 393 g/mol. The van der Waals surface area contributed by atoms with Gasteiger partial charge in [-0.2, -0.15) is 0 Å². The molecule has 27 heavy (non-hydrogen) atoms. The SMILES string of the molecule is CC(C)[C@H](NC(=O)c1ccco1)C(=O)Nc1cccc(S(=O)(=O)N(C)C)c1. The number of nitrogens with zero attached hydrogens (tertiary/aromatic N) is 1. The monoisotopic (exact) mass is 393 g/mol. The predicted molar refractivity (Wildman–Crippen MR) is 101 cm³/mol. The van der Waals surface area contributed by atoms with Gasteiger partial charge in [0.15, 0.2) is 5.76 Å². The van der Waals surface area contributed by atoms with Crippen molar-refractivity contribution >= 4 is 27.5 Å². The van der Waals surface area contributed by atoms with E-state index in [0.29, 0.717) is 5.69 Å². The van der Waals surface area contributed by atoms with Crippen LogP contribution in [0.3, 0.4) is 0 Å². The summed E-state index contributed by atoms with van der Waals surface area (Å²) >= 11 is 0. The number of amides is 2. The first-order valence-corrected chi connectivity index (χ1v) is 9.74. The maximum atomic E-state index is 12.6. The average Bonchev–Trinajstić information content (AvgIpc) is 3.13. The molecular weight excluding hydrogens is 370 g/mol. The third kappa shape index (κ3) is 4.95. The Bertz CT molecular complexity index is 905. The minimum absolute atomic E-state index is 0.0611. The Morgan fingerprint density at radius 1 is 1.11 bits per heavy atom. The van der Waals surface area contributed by atoms with Crippen molar-refractivity contribution < 1.29 is 22.4 Å². The number of hydrogen-bond acceptors (Lipinski definition) is 5. The number of anilines is 1. The zero-order valence-corrected chi connectivity index (χ0v) is 16.4. The van der Waals surface area contributed by atoms with Gasteiger partial charge in [0.05, 0.1) is 11.2 Å². The van der Waals surface area contributed by atoms with E-state index in [1.54, 1.807) is 26.0 Å². The highest BCUT2D eigenvalue weighted by molar-refractivity contribution is 7.89. The van der Waals surface area contributed by atoms with E-state index in [4.69, 9.17) is 4.42 Å². The van der Waals surface area contributed by atoms with Gasteiger partial charge < -0.3 is 15.1 Å². The van der Waals surface area contributed by atoms with E-state index in [1.807, 2.05) is 0 Å². The van der Waals surface area contributed by atoms with Gasteiger partial charge in [0, 0.05) is 19.8 Å². The van der Waals surface area contributed by atoms with Crippen molar-refractivity contribution in [3.05, 3.63) is 48.4 Å². The normalized spacial score (nSPS) is 12.8. The highest BCUT2D eigenvalue weighted by atomic mass is 32.2. The molecule has 146 valence electrons. The van der Waals surface area contributed by atoms with E-state index in [9.17, 15) is 18.0 Å². The molecule has 0 fully saturated rings. The molecule has 2 amide bonds. The van der Waals surface area contributed by atoms with Crippen LogP contribution in [-0.4, -0.2) is 44.7 Å². The molecule has 2 rings (SSSR count). The molecule has 0 aliphatic heterocycles. The van der Waals surface area contributed by atoms with Crippen LogP contribution in [0.2, 0.25) is 0 Å². The third-order valence-corrected chi connectivity index (χ3v) is 5.67. The summed E-state index contributed by atoms with van der Waals surface area (Å²) in [6, 6.07) is 8.20. The van der Waals surface area contributed by atoms with Gasteiger partial charge in [-0.1, -0.05) is 19.9 Å². The van der Waals surface area contributed by atoms with Gasteiger partial charge in [0.25, 0.3) is 5.91 Å². The van der Waals surface area contributed by atoms with Crippen LogP contribution in [0.15, 0.2) is 52.0 Å². The summed E-state index contributed by atoms with van der Waals surface area (Å²) in [6.45, 7) is 3.58. The Kier molecular flexibility index (Phi) is 6.40. The number of sulfonamides is 1. The van der Waals surface area contributed by atoms with Gasteiger partial charge in [0.1, 0.15) is 6.04 Å². The number of carbonyl (C=O) groups excluding carboxylic acids is 2. The van der Waals surface area contributed by atoms with E-state index >= 15 is 0 Å². The summed E-state index contributed by atoms with van der Waals surface area (Å²) < 4.78 is 30.6. The van der Waals surface area contributed by atoms with Crippen molar-refractivity contribution in [2.75, 3.05) is 19.4 Å². The number of hydrogen-bond donors (Lipinski definition) is 2. The molecule has 0 unspecified atom stereocenters. The molecule has 0 saturated heterocycles. The Morgan fingerprint density at radius 2 is 1.81 bits per heavy atom. The van der Waals surface area contributed by atoms with Crippen molar-refractivity contribution in [2.45, 2.75) is 24.8 Å². The Balaban J connectivity index is 2.17. The fourth-order valence-corrected chi connectivity index (χ4v) is 3.27. The molecule has 2 N–H and O–H groups in total. The molecule has 1 aromatic heterocycles. The number of furan rings is 1. The van der Waals surface area contributed by atoms with E-state index in [0.717, 1.165) is 4.31 Å². The number of benzene rings is 1. The number of rotatable bonds is 7. The Hall–Kier alpha value is -2.65. The highest BCUT2D eigenvalue weighted by Gasteiger charge is 2.26. The topological polar surface area (TPSA) is 109 Å². The summed E-state index contributed by atoms with van der Waals surface area (Å²) in [4.78, 5) is 24.9. The fraction of sp³-hybridized carbons (Fsp3) is 0.333. The van der Waals surface area contributed by atoms with Gasteiger partial charge in [0.2, 0.25) is 15.9 Å². The van der Waals surface area contributed by atoms with Crippen LogP contribution in [0.1, 0.15) is 24.4 Å². The largest absolute Gasteiger partial charge is 0.459 e. The molecule has 0 radical (unpaired) electrons. The van der Waals surface area contributed by atoms with E-state index < -0.39 is 27.9 Å². The van der Waals surface area contributed by atoms with Crippen LogP contribution < -0.4 is 10.6 Å². The maximum Gasteiger partial charge on any atom is 0.287 e. The summed E-state index contributed by atoms with van der Waals surface area (Å²) in [7, 11) is -0.760. The van der Waals surface area contributed by atoms with Gasteiger partial charge in [-0.15, -0.1) is 0 Å². The molecule has 0 saturated carbocycles. The van der Waals surface area contributed by atoms with E-state index in [-0.39, 0.29) is 16.6 Å². The lowest BCUT2D eigenvalue weighted by Gasteiger charge is -2.21. The summed E-state index contributed by atoms with van der Waals surface area (Å²) in [6.07, 6.45) is 1.37. The van der Waals surface area contributed by atoms with Crippen LogP contribution in [0.5, 0.6) is 0 Å². The van der Waals surface area contributed by atoms with Crippen molar-refractivity contribution in [3.8, 4) is 0 Å². The lowest BCUT2D eigenvalue weighted by molar-refractivity contribution is -0.118. The quantitative estimate of drug-likeness (QED) is 0.747. The van der Waals surface area contributed by atoms with Crippen molar-refractivity contribution in [2.24, 2.45) is 5.92 Å². The first kappa shape index (κ1) is 20.7. The van der Waals surface area contributed by atoms with Crippen molar-refractivity contribution in [1.82, 2.24) is 9.62 Å². The zero-order valence-electron chi connectivity index (χ0n) is 15.6. The molecule has 0 aliphatic carbocycles. The lowest BCUT2D eigenvalue weighted by Crippen LogP contribution is -2.47. The maximum absolute atomic E-state index is 12.6. The van der Waals surface area contributed by atoms with Crippen LogP contribution in [-0.2, 0) is 14.8 Å². The molecule has 1 heterocycles. The molecular formula is C18H23N3O5S. The second-order valence-electron chi connectivity index (χ2n) is 6.48. The fourth-order valence-electron chi connectivity index (χ4n) is 2.32. The summed E-state index contributed by atoms with van der Waals surface area (Å²) in [5, 5.41) is 5.29. The third-order valence-electron chi connectivity index (χ3n) is 3.86. The molecule has 0 bridgehead atoms. The van der Waals surface area contributed by atoms with Crippen LogP contribution >= 0.6 is 0 Å². The second kappa shape index (κ2) is 8.36. The smallest absolute Gasteiger partial charge is 0.287 e. The lowest BCUT2D eigenvalue weighted by atomic mass is 10.0.